The molecule has 0 radical (unpaired) electrons. The molecule has 2 aliphatic heterocycles. The van der Waals surface area contributed by atoms with Crippen molar-refractivity contribution >= 4 is 23.4 Å². The van der Waals surface area contributed by atoms with Gasteiger partial charge in [-0.25, -0.2) is 4.79 Å². The van der Waals surface area contributed by atoms with E-state index in [4.69, 9.17) is 28.7 Å². The Labute approximate surface area is 226 Å². The van der Waals surface area contributed by atoms with Gasteiger partial charge in [-0.1, -0.05) is 18.2 Å². The third-order valence-electron chi connectivity index (χ3n) is 7.48. The lowest BCUT2D eigenvalue weighted by molar-refractivity contribution is -0.153. The van der Waals surface area contributed by atoms with E-state index in [-0.39, 0.29) is 25.8 Å². The Morgan fingerprint density at radius 1 is 0.949 bits per heavy atom. The first-order valence-corrected chi connectivity index (χ1v) is 13.1. The third-order valence-corrected chi connectivity index (χ3v) is 7.48. The number of allylic oxidation sites excluding steroid dienone is 1. The van der Waals surface area contributed by atoms with Gasteiger partial charge in [-0.15, -0.1) is 0 Å². The first-order chi connectivity index (χ1) is 18.9. The maximum Gasteiger partial charge on any atom is 0.336 e. The van der Waals surface area contributed by atoms with Crippen LogP contribution >= 0.6 is 0 Å². The maximum atomic E-state index is 14.4. The summed E-state index contributed by atoms with van der Waals surface area (Å²) in [5.41, 5.74) is 2.88. The number of benzene rings is 2. The quantitative estimate of drug-likeness (QED) is 0.382. The lowest BCUT2D eigenvalue weighted by Gasteiger charge is -2.41. The predicted molar refractivity (Wildman–Crippen MR) is 141 cm³/mol. The van der Waals surface area contributed by atoms with Gasteiger partial charge in [-0.2, -0.15) is 0 Å². The molecule has 4 atom stereocenters. The van der Waals surface area contributed by atoms with E-state index in [1.165, 1.54) is 0 Å². The molecule has 0 saturated heterocycles. The van der Waals surface area contributed by atoms with E-state index >= 15 is 0 Å². The number of methoxy groups -OCH3 is 1. The van der Waals surface area contributed by atoms with Crippen LogP contribution in [0.4, 0.5) is 0 Å². The summed E-state index contributed by atoms with van der Waals surface area (Å²) in [5, 5.41) is 0. The van der Waals surface area contributed by atoms with Crippen LogP contribution in [0.5, 0.6) is 17.2 Å². The molecule has 0 aromatic heterocycles. The van der Waals surface area contributed by atoms with Gasteiger partial charge < -0.3 is 23.7 Å². The number of hydrogen-bond donors (Lipinski definition) is 0. The molecule has 1 fully saturated rings. The first-order valence-electron chi connectivity index (χ1n) is 13.1. The highest BCUT2D eigenvalue weighted by Crippen LogP contribution is 2.49. The molecule has 0 N–H and O–H groups in total. The van der Waals surface area contributed by atoms with E-state index in [1.54, 1.807) is 52.1 Å². The largest absolute Gasteiger partial charge is 0.497 e. The standard InChI is InChI=1S/C30H31NO8/c1-5-36-29(33)24-16(3)31-21-14-20(17-7-10-19(35-4)11-8-17)26(30(34)37-6-2)28(32)27(21)25(24)18-9-12-22-23(13-18)39-15-38-22/h7-13,20,25-27H,5-6,14-15H2,1-4H3/t20-,25-,26-,27?/m1/s1. The zero-order valence-corrected chi connectivity index (χ0v) is 22.4. The van der Waals surface area contributed by atoms with Crippen LogP contribution in [-0.2, 0) is 23.9 Å². The zero-order chi connectivity index (χ0) is 27.7. The number of rotatable bonds is 7. The second-order valence-electron chi connectivity index (χ2n) is 9.61. The number of fused-ring (bicyclic) bond motifs is 2. The van der Waals surface area contributed by atoms with Crippen molar-refractivity contribution < 1.29 is 38.1 Å². The summed E-state index contributed by atoms with van der Waals surface area (Å²) in [6.45, 7) is 5.59. The van der Waals surface area contributed by atoms with Crippen LogP contribution in [0.25, 0.3) is 0 Å². The van der Waals surface area contributed by atoms with Crippen LogP contribution in [0.2, 0.25) is 0 Å². The Hall–Kier alpha value is -4.14. The highest BCUT2D eigenvalue weighted by molar-refractivity contribution is 6.17. The molecular formula is C30H31NO8. The SMILES string of the molecule is CCOC(=O)C1=C(C)N=C2C[C@H](c3ccc(OC)cc3)[C@@H](C(=O)OCC)C(=O)C2[C@@H]1c1ccc2c(c1)OCO2. The summed E-state index contributed by atoms with van der Waals surface area (Å²) < 4.78 is 27.2. The van der Waals surface area contributed by atoms with Crippen molar-refractivity contribution in [2.24, 2.45) is 16.8 Å². The van der Waals surface area contributed by atoms with Gasteiger partial charge in [0.05, 0.1) is 31.8 Å². The minimum Gasteiger partial charge on any atom is -0.497 e. The molecule has 1 unspecified atom stereocenters. The van der Waals surface area contributed by atoms with Gasteiger partial charge in [0, 0.05) is 23.2 Å². The highest BCUT2D eigenvalue weighted by Gasteiger charge is 2.53. The van der Waals surface area contributed by atoms with Crippen molar-refractivity contribution in [1.82, 2.24) is 0 Å². The van der Waals surface area contributed by atoms with E-state index in [9.17, 15) is 14.4 Å². The Morgan fingerprint density at radius 2 is 1.64 bits per heavy atom. The van der Waals surface area contributed by atoms with Crippen LogP contribution < -0.4 is 14.2 Å². The summed E-state index contributed by atoms with van der Waals surface area (Å²) in [5.74, 6) is -2.80. The molecule has 204 valence electrons. The maximum absolute atomic E-state index is 14.4. The van der Waals surface area contributed by atoms with E-state index in [2.05, 4.69) is 0 Å². The molecule has 1 aliphatic carbocycles. The van der Waals surface area contributed by atoms with Crippen LogP contribution in [0.15, 0.2) is 58.7 Å². The van der Waals surface area contributed by atoms with Crippen molar-refractivity contribution in [3.8, 4) is 17.2 Å². The molecule has 2 aromatic carbocycles. The van der Waals surface area contributed by atoms with Gasteiger partial charge >= 0.3 is 11.9 Å². The lowest BCUT2D eigenvalue weighted by atomic mass is 9.62. The van der Waals surface area contributed by atoms with E-state index < -0.39 is 35.6 Å². The topological polar surface area (TPSA) is 110 Å². The second-order valence-corrected chi connectivity index (χ2v) is 9.61. The third kappa shape index (κ3) is 4.77. The Bertz CT molecular complexity index is 1360. The molecule has 2 heterocycles. The molecular weight excluding hydrogens is 502 g/mol. The molecule has 1 saturated carbocycles. The van der Waals surface area contributed by atoms with E-state index in [0.29, 0.717) is 46.2 Å². The molecule has 39 heavy (non-hydrogen) atoms. The summed E-state index contributed by atoms with van der Waals surface area (Å²) in [7, 11) is 1.58. The molecule has 0 amide bonds. The minimum absolute atomic E-state index is 0.0899. The van der Waals surface area contributed by atoms with Crippen molar-refractivity contribution in [3.63, 3.8) is 0 Å². The number of esters is 2. The molecule has 9 heteroatoms. The highest BCUT2D eigenvalue weighted by atomic mass is 16.7. The number of nitrogens with zero attached hydrogens (tertiary/aromatic N) is 1. The van der Waals surface area contributed by atoms with Gasteiger partial charge in [-0.05, 0) is 62.6 Å². The fourth-order valence-electron chi connectivity index (χ4n) is 5.79. The molecule has 2 aromatic rings. The van der Waals surface area contributed by atoms with Crippen LogP contribution in [0.3, 0.4) is 0 Å². The van der Waals surface area contributed by atoms with Crippen LogP contribution in [0, 0.1) is 11.8 Å². The minimum atomic E-state index is -1.07. The summed E-state index contributed by atoms with van der Waals surface area (Å²) in [6, 6.07) is 12.7. The number of carbonyl (C=O) groups excluding carboxylic acids is 3. The number of hydrogen-bond acceptors (Lipinski definition) is 9. The van der Waals surface area contributed by atoms with Crippen molar-refractivity contribution in [2.45, 2.75) is 39.0 Å². The number of carbonyl (C=O) groups is 3. The number of aliphatic imine (C=N–C) groups is 1. The number of ether oxygens (including phenoxy) is 5. The normalized spacial score (nSPS) is 23.6. The lowest BCUT2D eigenvalue weighted by Crippen LogP contribution is -2.48. The van der Waals surface area contributed by atoms with Crippen molar-refractivity contribution in [3.05, 3.63) is 64.9 Å². The fourth-order valence-corrected chi connectivity index (χ4v) is 5.79. The summed E-state index contributed by atoms with van der Waals surface area (Å²) >= 11 is 0. The van der Waals surface area contributed by atoms with Gasteiger partial charge in [0.25, 0.3) is 0 Å². The fraction of sp³-hybridized carbons (Fsp3) is 0.400. The zero-order valence-electron chi connectivity index (χ0n) is 22.4. The Kier molecular flexibility index (Phi) is 7.41. The van der Waals surface area contributed by atoms with Crippen molar-refractivity contribution in [2.75, 3.05) is 27.1 Å². The van der Waals surface area contributed by atoms with E-state index in [1.807, 2.05) is 18.2 Å². The summed E-state index contributed by atoms with van der Waals surface area (Å²) in [6.07, 6.45) is 0.348. The van der Waals surface area contributed by atoms with Gasteiger partial charge in [0.2, 0.25) is 6.79 Å². The Morgan fingerprint density at radius 3 is 2.33 bits per heavy atom. The summed E-state index contributed by atoms with van der Waals surface area (Å²) in [4.78, 5) is 45.7. The Balaban J connectivity index is 1.64. The van der Waals surface area contributed by atoms with Crippen LogP contribution in [-0.4, -0.2) is 50.6 Å². The number of ketones is 1. The predicted octanol–water partition coefficient (Wildman–Crippen LogP) is 4.35. The molecule has 3 aliphatic rings. The number of Topliss-reactive ketones (excluding diaryl/α,β-unsaturated/α-hetero) is 1. The average molecular weight is 534 g/mol. The first kappa shape index (κ1) is 26.5. The van der Waals surface area contributed by atoms with Crippen LogP contribution in [0.1, 0.15) is 50.2 Å². The van der Waals surface area contributed by atoms with E-state index in [0.717, 1.165) is 5.56 Å². The second kappa shape index (κ2) is 10.9. The van der Waals surface area contributed by atoms with Gasteiger partial charge in [0.1, 0.15) is 11.7 Å². The monoisotopic (exact) mass is 533 g/mol. The molecule has 5 rings (SSSR count). The van der Waals surface area contributed by atoms with Gasteiger partial charge in [0.15, 0.2) is 17.3 Å². The average Bonchev–Trinajstić information content (AvgIpc) is 3.40. The molecule has 9 nitrogen and oxygen atoms in total. The smallest absolute Gasteiger partial charge is 0.336 e. The molecule has 0 spiro atoms. The van der Waals surface area contributed by atoms with Crippen molar-refractivity contribution in [1.29, 1.82) is 0 Å². The van der Waals surface area contributed by atoms with Gasteiger partial charge in [-0.3, -0.25) is 14.6 Å². The molecule has 0 bridgehead atoms.